The van der Waals surface area contributed by atoms with Crippen LogP contribution in [0.4, 0.5) is 0 Å². The van der Waals surface area contributed by atoms with Gasteiger partial charge >= 0.3 is 0 Å². The highest BCUT2D eigenvalue weighted by Gasteiger charge is 2.25. The second-order valence-corrected chi connectivity index (χ2v) is 4.24. The first-order valence-corrected chi connectivity index (χ1v) is 5.61. The van der Waals surface area contributed by atoms with Crippen LogP contribution in [0.15, 0.2) is 0 Å². The zero-order valence-electron chi connectivity index (χ0n) is 8.58. The molecule has 1 aliphatic rings. The Hall–Kier alpha value is -0.0800. The lowest BCUT2D eigenvalue weighted by Gasteiger charge is -2.26. The summed E-state index contributed by atoms with van der Waals surface area (Å²) < 4.78 is 0. The predicted molar refractivity (Wildman–Crippen MR) is 53.2 cm³/mol. The van der Waals surface area contributed by atoms with E-state index in [2.05, 4.69) is 6.92 Å². The smallest absolute Gasteiger partial charge is 0.154 e. The molecule has 1 aliphatic carbocycles. The summed E-state index contributed by atoms with van der Waals surface area (Å²) >= 11 is 0. The lowest BCUT2D eigenvalue weighted by atomic mass is 9.84. The van der Waals surface area contributed by atoms with Crippen LogP contribution in [0.25, 0.3) is 0 Å². The third-order valence-corrected chi connectivity index (χ3v) is 3.36. The van der Waals surface area contributed by atoms with Gasteiger partial charge in [-0.3, -0.25) is 0 Å². The molecule has 13 heavy (non-hydrogen) atoms. The molecule has 0 aromatic carbocycles. The van der Waals surface area contributed by atoms with E-state index in [0.717, 1.165) is 6.42 Å². The zero-order chi connectivity index (χ0) is 9.68. The molecular weight excluding hydrogens is 164 g/mol. The molecule has 2 nitrogen and oxygen atoms in total. The Labute approximate surface area is 81.0 Å². The average molecular weight is 186 g/mol. The van der Waals surface area contributed by atoms with Crippen molar-refractivity contribution in [2.75, 3.05) is 0 Å². The third-order valence-electron chi connectivity index (χ3n) is 3.36. The molecule has 1 rings (SSSR count). The quantitative estimate of drug-likeness (QED) is 0.524. The van der Waals surface area contributed by atoms with Crippen molar-refractivity contribution in [1.29, 1.82) is 0 Å². The molecule has 1 unspecified atom stereocenters. The highest BCUT2D eigenvalue weighted by molar-refractivity contribution is 4.73. The van der Waals surface area contributed by atoms with Crippen LogP contribution in [0.2, 0.25) is 0 Å². The van der Waals surface area contributed by atoms with Gasteiger partial charge < -0.3 is 10.2 Å². The highest BCUT2D eigenvalue weighted by Crippen LogP contribution is 2.31. The molecule has 1 saturated carbocycles. The van der Waals surface area contributed by atoms with E-state index >= 15 is 0 Å². The van der Waals surface area contributed by atoms with Gasteiger partial charge in [0, 0.05) is 5.92 Å². The van der Waals surface area contributed by atoms with E-state index in [0.29, 0.717) is 5.92 Å². The Kier molecular flexibility index (Phi) is 4.74. The van der Waals surface area contributed by atoms with Crippen LogP contribution in [0.1, 0.15) is 51.9 Å². The van der Waals surface area contributed by atoms with E-state index in [9.17, 15) is 10.2 Å². The molecule has 2 heteroatoms. The summed E-state index contributed by atoms with van der Waals surface area (Å²) in [7, 11) is 0. The lowest BCUT2D eigenvalue weighted by molar-refractivity contribution is -0.103. The molecule has 0 aromatic rings. The number of rotatable bonds is 3. The molecule has 0 heterocycles. The topological polar surface area (TPSA) is 40.5 Å². The molecule has 1 fully saturated rings. The predicted octanol–water partition coefficient (Wildman–Crippen LogP) is 2.29. The largest absolute Gasteiger partial charge is 0.368 e. The molecule has 78 valence electrons. The average Bonchev–Trinajstić information content (AvgIpc) is 2.33. The molecule has 0 aliphatic heterocycles. The van der Waals surface area contributed by atoms with Crippen molar-refractivity contribution in [3.63, 3.8) is 0 Å². The summed E-state index contributed by atoms with van der Waals surface area (Å²) in [6.07, 6.45) is 7.37. The van der Waals surface area contributed by atoms with Crippen LogP contribution >= 0.6 is 0 Å². The van der Waals surface area contributed by atoms with E-state index in [1.54, 1.807) is 0 Å². The maximum absolute atomic E-state index is 9.21. The van der Waals surface area contributed by atoms with Gasteiger partial charge in [-0.25, -0.2) is 0 Å². The van der Waals surface area contributed by atoms with Gasteiger partial charge in [0.2, 0.25) is 0 Å². The number of hydrogen-bond acceptors (Lipinski definition) is 2. The van der Waals surface area contributed by atoms with Crippen molar-refractivity contribution in [1.82, 2.24) is 0 Å². The second kappa shape index (κ2) is 5.61. The van der Waals surface area contributed by atoms with Crippen molar-refractivity contribution in [2.24, 2.45) is 11.8 Å². The van der Waals surface area contributed by atoms with Crippen molar-refractivity contribution < 1.29 is 10.2 Å². The Balaban J connectivity index is 2.45. The van der Waals surface area contributed by atoms with Gasteiger partial charge in [0.15, 0.2) is 6.29 Å². The van der Waals surface area contributed by atoms with Gasteiger partial charge in [0.1, 0.15) is 0 Å². The Morgan fingerprint density at radius 3 is 2.00 bits per heavy atom. The van der Waals surface area contributed by atoms with Gasteiger partial charge in [0.25, 0.3) is 0 Å². The SMILES string of the molecule is CCC(C(O)O)C1CCCCCC1. The Morgan fingerprint density at radius 2 is 1.62 bits per heavy atom. The van der Waals surface area contributed by atoms with E-state index in [4.69, 9.17) is 0 Å². The number of aliphatic hydroxyl groups excluding tert-OH is 1. The fourth-order valence-electron chi connectivity index (χ4n) is 2.53. The first-order chi connectivity index (χ1) is 6.25. The molecule has 2 N–H and O–H groups in total. The van der Waals surface area contributed by atoms with Crippen LogP contribution in [-0.2, 0) is 0 Å². The molecular formula is C11H22O2. The van der Waals surface area contributed by atoms with Crippen molar-refractivity contribution >= 4 is 0 Å². The molecule has 0 aromatic heterocycles. The highest BCUT2D eigenvalue weighted by atomic mass is 16.5. The van der Waals surface area contributed by atoms with Crippen molar-refractivity contribution in [3.05, 3.63) is 0 Å². The second-order valence-electron chi connectivity index (χ2n) is 4.24. The minimum Gasteiger partial charge on any atom is -0.368 e. The van der Waals surface area contributed by atoms with Crippen LogP contribution in [0, 0.1) is 11.8 Å². The van der Waals surface area contributed by atoms with E-state index in [1.165, 1.54) is 38.5 Å². The molecule has 0 amide bonds. The summed E-state index contributed by atoms with van der Waals surface area (Å²) in [5, 5.41) is 18.4. The summed E-state index contributed by atoms with van der Waals surface area (Å²) in [5.41, 5.74) is 0. The fraction of sp³-hybridized carbons (Fsp3) is 1.00. The maximum atomic E-state index is 9.21. The fourth-order valence-corrected chi connectivity index (χ4v) is 2.53. The van der Waals surface area contributed by atoms with Gasteiger partial charge in [-0.15, -0.1) is 0 Å². The van der Waals surface area contributed by atoms with Gasteiger partial charge in [-0.2, -0.15) is 0 Å². The standard InChI is InChI=1S/C11H22O2/c1-2-10(11(12)13)9-7-5-3-4-6-8-9/h9-13H,2-8H2,1H3. The zero-order valence-corrected chi connectivity index (χ0v) is 8.58. The Bertz CT molecular complexity index is 126. The van der Waals surface area contributed by atoms with Crippen LogP contribution < -0.4 is 0 Å². The molecule has 0 saturated heterocycles. The van der Waals surface area contributed by atoms with Gasteiger partial charge in [0.05, 0.1) is 0 Å². The van der Waals surface area contributed by atoms with E-state index in [1.807, 2.05) is 0 Å². The van der Waals surface area contributed by atoms with Gasteiger partial charge in [-0.05, 0) is 25.2 Å². The first kappa shape index (κ1) is 11.0. The summed E-state index contributed by atoms with van der Waals surface area (Å²) in [5.74, 6) is 0.658. The van der Waals surface area contributed by atoms with Crippen molar-refractivity contribution in [2.45, 2.75) is 58.2 Å². The molecule has 0 spiro atoms. The molecule has 1 atom stereocenters. The minimum absolute atomic E-state index is 0.109. The van der Waals surface area contributed by atoms with Crippen LogP contribution in [0.3, 0.4) is 0 Å². The Morgan fingerprint density at radius 1 is 1.08 bits per heavy atom. The maximum Gasteiger partial charge on any atom is 0.154 e. The van der Waals surface area contributed by atoms with E-state index in [-0.39, 0.29) is 5.92 Å². The van der Waals surface area contributed by atoms with E-state index < -0.39 is 6.29 Å². The normalized spacial score (nSPS) is 23.1. The summed E-state index contributed by atoms with van der Waals surface area (Å²) in [6.45, 7) is 2.05. The number of aliphatic hydroxyl groups is 2. The van der Waals surface area contributed by atoms with Gasteiger partial charge in [-0.1, -0.05) is 32.6 Å². The molecule has 0 bridgehead atoms. The first-order valence-electron chi connectivity index (χ1n) is 5.61. The summed E-state index contributed by atoms with van der Waals surface area (Å²) in [4.78, 5) is 0. The minimum atomic E-state index is -1.10. The lowest BCUT2D eigenvalue weighted by Crippen LogP contribution is -2.26. The molecule has 0 radical (unpaired) electrons. The monoisotopic (exact) mass is 186 g/mol. The number of hydrogen-bond donors (Lipinski definition) is 2. The van der Waals surface area contributed by atoms with Crippen LogP contribution in [0.5, 0.6) is 0 Å². The third kappa shape index (κ3) is 3.28. The van der Waals surface area contributed by atoms with Crippen molar-refractivity contribution in [3.8, 4) is 0 Å². The summed E-state index contributed by atoms with van der Waals surface area (Å²) in [6, 6.07) is 0. The van der Waals surface area contributed by atoms with Crippen LogP contribution in [-0.4, -0.2) is 16.5 Å².